The SMILES string of the molecule is Cc1ccc([N+](=O)[O-])c(Cc2nc(C(Cl)(Cl)Cl)nc3ccccc23)c1. The van der Waals surface area contributed by atoms with Crippen molar-refractivity contribution < 1.29 is 4.92 Å². The average Bonchev–Trinajstić information content (AvgIpc) is 2.53. The van der Waals surface area contributed by atoms with Gasteiger partial charge in [-0.2, -0.15) is 0 Å². The first-order valence-corrected chi connectivity index (χ1v) is 8.46. The van der Waals surface area contributed by atoms with Gasteiger partial charge in [-0.05, 0) is 19.1 Å². The zero-order valence-corrected chi connectivity index (χ0v) is 15.3. The molecule has 128 valence electrons. The van der Waals surface area contributed by atoms with E-state index in [1.54, 1.807) is 18.2 Å². The number of fused-ring (bicyclic) bond motifs is 1. The molecular formula is C17H12Cl3N3O2. The maximum atomic E-state index is 11.3. The van der Waals surface area contributed by atoms with E-state index in [2.05, 4.69) is 9.97 Å². The van der Waals surface area contributed by atoms with Crippen LogP contribution in [0.4, 0.5) is 5.69 Å². The number of aromatic nitrogens is 2. The molecule has 8 heteroatoms. The van der Waals surface area contributed by atoms with E-state index in [0.29, 0.717) is 16.8 Å². The molecule has 0 unspecified atom stereocenters. The molecule has 0 amide bonds. The van der Waals surface area contributed by atoms with Crippen LogP contribution in [0.15, 0.2) is 42.5 Å². The van der Waals surface area contributed by atoms with Crippen LogP contribution in [0.25, 0.3) is 10.9 Å². The van der Waals surface area contributed by atoms with Gasteiger partial charge in [-0.1, -0.05) is 64.6 Å². The van der Waals surface area contributed by atoms with Crippen molar-refractivity contribution in [3.63, 3.8) is 0 Å². The lowest BCUT2D eigenvalue weighted by Crippen LogP contribution is -2.10. The number of hydrogen-bond acceptors (Lipinski definition) is 4. The first-order chi connectivity index (χ1) is 11.8. The second-order valence-corrected chi connectivity index (χ2v) is 7.86. The van der Waals surface area contributed by atoms with Crippen LogP contribution in [0.1, 0.15) is 22.6 Å². The number of nitro groups is 1. The summed E-state index contributed by atoms with van der Waals surface area (Å²) in [5, 5.41) is 12.1. The lowest BCUT2D eigenvalue weighted by atomic mass is 10.0. The summed E-state index contributed by atoms with van der Waals surface area (Å²) in [6.45, 7) is 1.87. The van der Waals surface area contributed by atoms with Crippen molar-refractivity contribution in [2.24, 2.45) is 0 Å². The summed E-state index contributed by atoms with van der Waals surface area (Å²) in [4.78, 5) is 19.6. The molecule has 0 atom stereocenters. The van der Waals surface area contributed by atoms with Crippen LogP contribution >= 0.6 is 34.8 Å². The molecule has 0 bridgehead atoms. The van der Waals surface area contributed by atoms with Crippen molar-refractivity contribution in [1.29, 1.82) is 0 Å². The Hall–Kier alpha value is -1.95. The Kier molecular flexibility index (Phi) is 4.82. The second kappa shape index (κ2) is 6.75. The van der Waals surface area contributed by atoms with Crippen LogP contribution in [-0.2, 0) is 10.2 Å². The third-order valence-electron chi connectivity index (χ3n) is 3.73. The van der Waals surface area contributed by atoms with Crippen molar-refractivity contribution in [2.75, 3.05) is 0 Å². The minimum absolute atomic E-state index is 0.0312. The van der Waals surface area contributed by atoms with Gasteiger partial charge >= 0.3 is 0 Å². The Morgan fingerprint density at radius 3 is 2.52 bits per heavy atom. The number of para-hydroxylation sites is 1. The van der Waals surface area contributed by atoms with Crippen LogP contribution in [0.5, 0.6) is 0 Å². The topological polar surface area (TPSA) is 68.9 Å². The molecule has 2 aromatic carbocycles. The van der Waals surface area contributed by atoms with Gasteiger partial charge in [0, 0.05) is 23.4 Å². The van der Waals surface area contributed by atoms with Crippen molar-refractivity contribution in [3.8, 4) is 0 Å². The normalized spacial score (nSPS) is 11.7. The molecule has 25 heavy (non-hydrogen) atoms. The first-order valence-electron chi connectivity index (χ1n) is 7.32. The number of benzene rings is 2. The molecule has 0 radical (unpaired) electrons. The summed E-state index contributed by atoms with van der Waals surface area (Å²) in [6.07, 6.45) is 0.231. The van der Waals surface area contributed by atoms with E-state index < -0.39 is 8.72 Å². The van der Waals surface area contributed by atoms with Gasteiger partial charge in [0.15, 0.2) is 5.82 Å². The minimum Gasteiger partial charge on any atom is -0.258 e. The smallest absolute Gasteiger partial charge is 0.258 e. The molecule has 1 heterocycles. The Labute approximate surface area is 158 Å². The van der Waals surface area contributed by atoms with Crippen molar-refractivity contribution >= 4 is 51.4 Å². The number of alkyl halides is 3. The van der Waals surface area contributed by atoms with E-state index in [-0.39, 0.29) is 17.9 Å². The highest BCUT2D eigenvalue weighted by Gasteiger charge is 2.28. The van der Waals surface area contributed by atoms with E-state index in [4.69, 9.17) is 34.8 Å². The number of halogens is 3. The average molecular weight is 397 g/mol. The third-order valence-corrected chi connectivity index (χ3v) is 4.23. The molecule has 0 spiro atoms. The van der Waals surface area contributed by atoms with Crippen LogP contribution in [0.3, 0.4) is 0 Å². The zero-order valence-electron chi connectivity index (χ0n) is 13.0. The predicted octanol–water partition coefficient (Wildman–Crippen LogP) is 5.26. The van der Waals surface area contributed by atoms with Crippen molar-refractivity contribution in [3.05, 3.63) is 75.2 Å². The van der Waals surface area contributed by atoms with Crippen LogP contribution in [0.2, 0.25) is 0 Å². The molecule has 0 aliphatic carbocycles. The number of nitro benzene ring substituents is 1. The third kappa shape index (κ3) is 3.84. The van der Waals surface area contributed by atoms with Gasteiger partial charge in [0.2, 0.25) is 3.79 Å². The number of hydrogen-bond donors (Lipinski definition) is 0. The molecule has 0 saturated heterocycles. The van der Waals surface area contributed by atoms with Crippen LogP contribution in [0, 0.1) is 17.0 Å². The van der Waals surface area contributed by atoms with E-state index in [0.717, 1.165) is 10.9 Å². The van der Waals surface area contributed by atoms with E-state index in [1.807, 2.05) is 25.1 Å². The fraction of sp³-hybridized carbons (Fsp3) is 0.176. The molecule has 5 nitrogen and oxygen atoms in total. The standard InChI is InChI=1S/C17H12Cl3N3O2/c1-10-6-7-15(23(24)25)11(8-10)9-14-12-4-2-3-5-13(12)21-16(22-14)17(18,19)20/h2-8H,9H2,1H3. The highest BCUT2D eigenvalue weighted by Crippen LogP contribution is 2.37. The lowest BCUT2D eigenvalue weighted by Gasteiger charge is -2.13. The van der Waals surface area contributed by atoms with Gasteiger partial charge in [-0.15, -0.1) is 0 Å². The predicted molar refractivity (Wildman–Crippen MR) is 99.4 cm³/mol. The van der Waals surface area contributed by atoms with Crippen LogP contribution in [-0.4, -0.2) is 14.9 Å². The first kappa shape index (κ1) is 17.9. The largest absolute Gasteiger partial charge is 0.272 e. The van der Waals surface area contributed by atoms with Gasteiger partial charge in [-0.25, -0.2) is 9.97 Å². The maximum Gasteiger partial charge on any atom is 0.272 e. The highest BCUT2D eigenvalue weighted by molar-refractivity contribution is 6.66. The summed E-state index contributed by atoms with van der Waals surface area (Å²) in [6, 6.07) is 12.2. The van der Waals surface area contributed by atoms with Gasteiger partial charge < -0.3 is 0 Å². The van der Waals surface area contributed by atoms with Crippen molar-refractivity contribution in [1.82, 2.24) is 9.97 Å². The quantitative estimate of drug-likeness (QED) is 0.344. The zero-order chi connectivity index (χ0) is 18.2. The summed E-state index contributed by atoms with van der Waals surface area (Å²) >= 11 is 17.8. The second-order valence-electron chi connectivity index (χ2n) is 5.57. The molecule has 1 aromatic heterocycles. The fourth-order valence-electron chi connectivity index (χ4n) is 2.62. The molecule has 3 rings (SSSR count). The number of aryl methyl sites for hydroxylation is 1. The van der Waals surface area contributed by atoms with E-state index in [1.165, 1.54) is 6.07 Å². The fourth-order valence-corrected chi connectivity index (χ4v) is 2.87. The number of rotatable bonds is 3. The summed E-state index contributed by atoms with van der Waals surface area (Å²) in [5.41, 5.74) is 2.68. The van der Waals surface area contributed by atoms with Gasteiger partial charge in [0.1, 0.15) is 0 Å². The van der Waals surface area contributed by atoms with Gasteiger partial charge in [0.05, 0.1) is 16.1 Å². The van der Waals surface area contributed by atoms with Crippen LogP contribution < -0.4 is 0 Å². The van der Waals surface area contributed by atoms with E-state index >= 15 is 0 Å². The molecule has 0 saturated carbocycles. The minimum atomic E-state index is -1.78. The Morgan fingerprint density at radius 1 is 1.12 bits per heavy atom. The molecule has 0 aliphatic rings. The molecule has 0 N–H and O–H groups in total. The Morgan fingerprint density at radius 2 is 1.84 bits per heavy atom. The van der Waals surface area contributed by atoms with Gasteiger partial charge in [-0.3, -0.25) is 10.1 Å². The lowest BCUT2D eigenvalue weighted by molar-refractivity contribution is -0.385. The molecule has 0 fully saturated rings. The maximum absolute atomic E-state index is 11.3. The summed E-state index contributed by atoms with van der Waals surface area (Å²) in [5.74, 6) is 0.0431. The molecule has 0 aliphatic heterocycles. The highest BCUT2D eigenvalue weighted by atomic mass is 35.6. The van der Waals surface area contributed by atoms with Gasteiger partial charge in [0.25, 0.3) is 5.69 Å². The Bertz CT molecular complexity index is 971. The summed E-state index contributed by atoms with van der Waals surface area (Å²) in [7, 11) is 0. The molecule has 3 aromatic rings. The van der Waals surface area contributed by atoms with Crippen molar-refractivity contribution in [2.45, 2.75) is 17.1 Å². The number of nitrogens with zero attached hydrogens (tertiary/aromatic N) is 3. The Balaban J connectivity index is 2.19. The summed E-state index contributed by atoms with van der Waals surface area (Å²) < 4.78 is -1.78. The van der Waals surface area contributed by atoms with E-state index in [9.17, 15) is 10.1 Å². The monoisotopic (exact) mass is 395 g/mol. The molecular weight excluding hydrogens is 385 g/mol.